The van der Waals surface area contributed by atoms with Crippen molar-refractivity contribution in [2.24, 2.45) is 0 Å². The SMILES string of the molecule is COc1ccc([N+](=O)[O-])cc1NC(=O)C(C)OC(=O)CCCOc1ccc(Cl)cc1C. The molecule has 0 aliphatic heterocycles. The number of anilines is 1. The molecule has 1 N–H and O–H groups in total. The Morgan fingerprint density at radius 1 is 1.19 bits per heavy atom. The lowest BCUT2D eigenvalue weighted by Gasteiger charge is -2.15. The Morgan fingerprint density at radius 3 is 2.55 bits per heavy atom. The molecule has 0 bridgehead atoms. The van der Waals surface area contributed by atoms with E-state index in [1.165, 1.54) is 32.2 Å². The number of carbonyl (C=O) groups excluding carboxylic acids is 2. The predicted octanol–water partition coefficient (Wildman–Crippen LogP) is 4.29. The van der Waals surface area contributed by atoms with Crippen molar-refractivity contribution in [2.45, 2.75) is 32.8 Å². The topological polar surface area (TPSA) is 117 Å². The molecule has 1 atom stereocenters. The largest absolute Gasteiger partial charge is 0.495 e. The standard InChI is InChI=1S/C21H23ClN2O7/c1-13-11-15(22)6-8-18(13)30-10-4-5-20(25)31-14(2)21(26)23-17-12-16(24(27)28)7-9-19(17)29-3/h6-9,11-12,14H,4-5,10H2,1-3H3,(H,23,26). The van der Waals surface area contributed by atoms with E-state index in [1.54, 1.807) is 18.2 Å². The van der Waals surface area contributed by atoms with E-state index >= 15 is 0 Å². The van der Waals surface area contributed by atoms with E-state index in [4.69, 9.17) is 25.8 Å². The normalized spacial score (nSPS) is 11.4. The fraction of sp³-hybridized carbons (Fsp3) is 0.333. The van der Waals surface area contributed by atoms with Crippen molar-refractivity contribution >= 4 is 34.9 Å². The molecule has 2 rings (SSSR count). The van der Waals surface area contributed by atoms with Crippen LogP contribution in [0.1, 0.15) is 25.3 Å². The molecule has 0 aliphatic carbocycles. The van der Waals surface area contributed by atoms with E-state index < -0.39 is 22.9 Å². The molecule has 9 nitrogen and oxygen atoms in total. The molecule has 0 aliphatic rings. The van der Waals surface area contributed by atoms with Gasteiger partial charge in [0.1, 0.15) is 11.5 Å². The van der Waals surface area contributed by atoms with Crippen LogP contribution in [0.25, 0.3) is 0 Å². The van der Waals surface area contributed by atoms with Gasteiger partial charge in [-0.05, 0) is 50.1 Å². The summed E-state index contributed by atoms with van der Waals surface area (Å²) < 4.78 is 15.8. The maximum atomic E-state index is 12.3. The number of carbonyl (C=O) groups is 2. The van der Waals surface area contributed by atoms with Crippen LogP contribution in [0.2, 0.25) is 5.02 Å². The van der Waals surface area contributed by atoms with Crippen LogP contribution in [0.3, 0.4) is 0 Å². The van der Waals surface area contributed by atoms with Crippen molar-refractivity contribution in [3.63, 3.8) is 0 Å². The van der Waals surface area contributed by atoms with Crippen LogP contribution in [0.4, 0.5) is 11.4 Å². The highest BCUT2D eigenvalue weighted by atomic mass is 35.5. The number of nitro groups is 1. The van der Waals surface area contributed by atoms with Crippen molar-refractivity contribution < 1.29 is 28.7 Å². The van der Waals surface area contributed by atoms with Crippen molar-refractivity contribution in [1.29, 1.82) is 0 Å². The van der Waals surface area contributed by atoms with Gasteiger partial charge < -0.3 is 19.5 Å². The van der Waals surface area contributed by atoms with E-state index in [9.17, 15) is 19.7 Å². The molecule has 0 spiro atoms. The number of esters is 1. The summed E-state index contributed by atoms with van der Waals surface area (Å²) in [4.78, 5) is 34.7. The van der Waals surface area contributed by atoms with Gasteiger partial charge in [-0.25, -0.2) is 0 Å². The van der Waals surface area contributed by atoms with Crippen LogP contribution >= 0.6 is 11.6 Å². The van der Waals surface area contributed by atoms with Crippen molar-refractivity contribution in [1.82, 2.24) is 0 Å². The second-order valence-corrected chi connectivity index (χ2v) is 7.06. The highest BCUT2D eigenvalue weighted by Crippen LogP contribution is 2.29. The summed E-state index contributed by atoms with van der Waals surface area (Å²) in [6, 6.07) is 9.04. The zero-order chi connectivity index (χ0) is 23.0. The predicted molar refractivity (Wildman–Crippen MR) is 115 cm³/mol. The Labute approximate surface area is 184 Å². The average molecular weight is 451 g/mol. The van der Waals surface area contributed by atoms with Crippen LogP contribution in [0.5, 0.6) is 11.5 Å². The number of hydrogen-bond donors (Lipinski definition) is 1. The van der Waals surface area contributed by atoms with Crippen molar-refractivity contribution in [2.75, 3.05) is 19.0 Å². The maximum Gasteiger partial charge on any atom is 0.306 e. The third-order valence-electron chi connectivity index (χ3n) is 4.25. The molecule has 0 heterocycles. The zero-order valence-electron chi connectivity index (χ0n) is 17.3. The van der Waals surface area contributed by atoms with Crippen LogP contribution < -0.4 is 14.8 Å². The number of methoxy groups -OCH3 is 1. The summed E-state index contributed by atoms with van der Waals surface area (Å²) in [5, 5.41) is 14.0. The Bertz CT molecular complexity index is 965. The van der Waals surface area contributed by atoms with Gasteiger partial charge in [0.25, 0.3) is 11.6 Å². The summed E-state index contributed by atoms with van der Waals surface area (Å²) in [5.74, 6) is -0.284. The second-order valence-electron chi connectivity index (χ2n) is 6.62. The number of nitrogens with one attached hydrogen (secondary N) is 1. The molecule has 0 aromatic heterocycles. The molecule has 2 aromatic carbocycles. The minimum absolute atomic E-state index is 0.0599. The van der Waals surface area contributed by atoms with Crippen LogP contribution in [-0.2, 0) is 14.3 Å². The molecule has 0 fully saturated rings. The number of rotatable bonds is 10. The third-order valence-corrected chi connectivity index (χ3v) is 4.48. The Morgan fingerprint density at radius 2 is 1.90 bits per heavy atom. The first-order valence-corrected chi connectivity index (χ1v) is 9.80. The summed E-state index contributed by atoms with van der Waals surface area (Å²) in [6.07, 6.45) is -0.644. The smallest absolute Gasteiger partial charge is 0.306 e. The fourth-order valence-electron chi connectivity index (χ4n) is 2.62. The molecular formula is C21H23ClN2O7. The maximum absolute atomic E-state index is 12.3. The molecule has 0 saturated carbocycles. The Hall–Kier alpha value is -3.33. The average Bonchev–Trinajstić information content (AvgIpc) is 2.72. The van der Waals surface area contributed by atoms with E-state index in [-0.39, 0.29) is 23.5 Å². The van der Waals surface area contributed by atoms with Crippen molar-refractivity contribution in [3.8, 4) is 11.5 Å². The number of aryl methyl sites for hydroxylation is 1. The number of amides is 1. The molecule has 166 valence electrons. The van der Waals surface area contributed by atoms with Gasteiger partial charge in [0.2, 0.25) is 0 Å². The Kier molecular flexibility index (Phi) is 8.63. The molecule has 0 saturated heterocycles. The summed E-state index contributed by atoms with van der Waals surface area (Å²) in [6.45, 7) is 3.57. The lowest BCUT2D eigenvalue weighted by atomic mass is 10.2. The number of hydrogen-bond acceptors (Lipinski definition) is 7. The quantitative estimate of drug-likeness (QED) is 0.248. The molecule has 31 heavy (non-hydrogen) atoms. The van der Waals surface area contributed by atoms with Gasteiger partial charge in [-0.15, -0.1) is 0 Å². The number of non-ortho nitro benzene ring substituents is 1. The van der Waals surface area contributed by atoms with E-state index in [2.05, 4.69) is 5.32 Å². The van der Waals surface area contributed by atoms with Gasteiger partial charge in [0, 0.05) is 23.6 Å². The molecule has 0 radical (unpaired) electrons. The van der Waals surface area contributed by atoms with Gasteiger partial charge in [-0.1, -0.05) is 11.6 Å². The molecular weight excluding hydrogens is 428 g/mol. The first-order valence-electron chi connectivity index (χ1n) is 9.43. The van der Waals surface area contributed by atoms with Gasteiger partial charge in [-0.2, -0.15) is 0 Å². The Balaban J connectivity index is 1.82. The summed E-state index contributed by atoms with van der Waals surface area (Å²) in [7, 11) is 1.37. The summed E-state index contributed by atoms with van der Waals surface area (Å²) in [5.41, 5.74) is 0.782. The number of halogens is 1. The van der Waals surface area contributed by atoms with Gasteiger partial charge in [-0.3, -0.25) is 19.7 Å². The van der Waals surface area contributed by atoms with Crippen LogP contribution in [0.15, 0.2) is 36.4 Å². The van der Waals surface area contributed by atoms with E-state index in [1.807, 2.05) is 6.92 Å². The number of nitrogens with zero attached hydrogens (tertiary/aromatic N) is 1. The van der Waals surface area contributed by atoms with Crippen LogP contribution in [0, 0.1) is 17.0 Å². The highest BCUT2D eigenvalue weighted by molar-refractivity contribution is 6.30. The first kappa shape index (κ1) is 23.9. The monoisotopic (exact) mass is 450 g/mol. The second kappa shape index (κ2) is 11.2. The van der Waals surface area contributed by atoms with Gasteiger partial charge in [0.05, 0.1) is 24.3 Å². The molecule has 1 unspecified atom stereocenters. The molecule has 10 heteroatoms. The highest BCUT2D eigenvalue weighted by Gasteiger charge is 2.20. The van der Waals surface area contributed by atoms with Gasteiger partial charge >= 0.3 is 5.97 Å². The first-order chi connectivity index (χ1) is 14.7. The van der Waals surface area contributed by atoms with E-state index in [0.29, 0.717) is 23.8 Å². The third kappa shape index (κ3) is 7.14. The fourth-order valence-corrected chi connectivity index (χ4v) is 2.85. The zero-order valence-corrected chi connectivity index (χ0v) is 18.1. The minimum Gasteiger partial charge on any atom is -0.495 e. The lowest BCUT2D eigenvalue weighted by Crippen LogP contribution is -2.30. The van der Waals surface area contributed by atoms with Crippen LogP contribution in [-0.4, -0.2) is 36.6 Å². The molecule has 1 amide bonds. The number of nitro benzene ring substituents is 1. The number of ether oxygens (including phenoxy) is 3. The summed E-state index contributed by atoms with van der Waals surface area (Å²) >= 11 is 5.90. The lowest BCUT2D eigenvalue weighted by molar-refractivity contribution is -0.384. The van der Waals surface area contributed by atoms with Crippen molar-refractivity contribution in [3.05, 3.63) is 57.1 Å². The number of benzene rings is 2. The molecule has 2 aromatic rings. The minimum atomic E-state index is -1.10. The van der Waals surface area contributed by atoms with Gasteiger partial charge in [0.15, 0.2) is 6.10 Å². The van der Waals surface area contributed by atoms with E-state index in [0.717, 1.165) is 5.56 Å².